The lowest BCUT2D eigenvalue weighted by Gasteiger charge is -2.37. The topological polar surface area (TPSA) is 52.3 Å². The van der Waals surface area contributed by atoms with Crippen LogP contribution in [0.2, 0.25) is 0 Å². The lowest BCUT2D eigenvalue weighted by molar-refractivity contribution is 0.138. The molecule has 0 aromatic heterocycles. The van der Waals surface area contributed by atoms with Gasteiger partial charge in [0.1, 0.15) is 11.5 Å². The summed E-state index contributed by atoms with van der Waals surface area (Å²) in [7, 11) is 0. The summed E-state index contributed by atoms with van der Waals surface area (Å²) in [4.78, 5) is 2.17. The molecule has 1 saturated heterocycles. The van der Waals surface area contributed by atoms with Crippen molar-refractivity contribution in [2.45, 2.75) is 19.5 Å². The molecule has 0 bridgehead atoms. The maximum absolute atomic E-state index is 11.0. The molecule has 0 spiro atoms. The Hall–Kier alpha value is 0.230. The standard InChI is InChI=1S/C7H16N2OS/c1-7(2,8)9-3-5-11(10)6-4-9/h3-6,8H2,1-2H3. The molecule has 0 unspecified atom stereocenters. The summed E-state index contributed by atoms with van der Waals surface area (Å²) in [5.74, 6) is 1.56. The number of hydrogen-bond acceptors (Lipinski definition) is 3. The number of nitrogens with two attached hydrogens (primary N) is 1. The predicted molar refractivity (Wildman–Crippen MR) is 47.7 cm³/mol. The Morgan fingerprint density at radius 3 is 2.18 bits per heavy atom. The summed E-state index contributed by atoms with van der Waals surface area (Å²) in [6, 6.07) is 0. The average molecular weight is 176 g/mol. The Morgan fingerprint density at radius 1 is 1.36 bits per heavy atom. The molecule has 1 heterocycles. The zero-order valence-corrected chi connectivity index (χ0v) is 7.99. The van der Waals surface area contributed by atoms with Crippen molar-refractivity contribution in [2.75, 3.05) is 24.6 Å². The molecule has 0 aromatic carbocycles. The van der Waals surface area contributed by atoms with Crippen LogP contribution in [0.25, 0.3) is 0 Å². The van der Waals surface area contributed by atoms with E-state index in [4.69, 9.17) is 5.73 Å². The molecule has 3 nitrogen and oxygen atoms in total. The third-order valence-corrected chi connectivity index (χ3v) is 3.27. The first-order valence-electron chi connectivity index (χ1n) is 3.89. The second-order valence-electron chi connectivity index (χ2n) is 3.49. The summed E-state index contributed by atoms with van der Waals surface area (Å²) in [6.07, 6.45) is 0. The Labute approximate surface area is 71.1 Å². The molecule has 0 radical (unpaired) electrons. The Balaban J connectivity index is 2.39. The van der Waals surface area contributed by atoms with E-state index in [-0.39, 0.29) is 5.66 Å². The van der Waals surface area contributed by atoms with Gasteiger partial charge in [0.2, 0.25) is 0 Å². The number of hydrogen-bond donors (Lipinski definition) is 1. The monoisotopic (exact) mass is 176 g/mol. The second kappa shape index (κ2) is 3.31. The van der Waals surface area contributed by atoms with Gasteiger partial charge in [0, 0.05) is 13.1 Å². The van der Waals surface area contributed by atoms with Crippen LogP contribution in [0, 0.1) is 0 Å². The van der Waals surface area contributed by atoms with Gasteiger partial charge >= 0.3 is 0 Å². The van der Waals surface area contributed by atoms with Crippen molar-refractivity contribution >= 4 is 11.2 Å². The first-order valence-corrected chi connectivity index (χ1v) is 5.38. The molecule has 0 aromatic rings. The van der Waals surface area contributed by atoms with Gasteiger partial charge in [-0.1, -0.05) is 11.2 Å². The van der Waals surface area contributed by atoms with E-state index >= 15 is 0 Å². The molecular formula is C7H16N2OS. The van der Waals surface area contributed by atoms with Gasteiger partial charge in [0.15, 0.2) is 0 Å². The van der Waals surface area contributed by atoms with Crippen LogP contribution in [0.4, 0.5) is 0 Å². The molecular weight excluding hydrogens is 160 g/mol. The minimum Gasteiger partial charge on any atom is -0.616 e. The van der Waals surface area contributed by atoms with Crippen LogP contribution in [-0.4, -0.2) is 39.7 Å². The predicted octanol–water partition coefficient (Wildman–Crippen LogP) is -0.254. The van der Waals surface area contributed by atoms with E-state index in [0.29, 0.717) is 0 Å². The van der Waals surface area contributed by atoms with Crippen molar-refractivity contribution in [2.24, 2.45) is 5.73 Å². The smallest absolute Gasteiger partial charge is 0.118 e. The van der Waals surface area contributed by atoms with Gasteiger partial charge in [-0.2, -0.15) is 0 Å². The van der Waals surface area contributed by atoms with Gasteiger partial charge < -0.3 is 10.3 Å². The third-order valence-electron chi connectivity index (χ3n) is 1.99. The van der Waals surface area contributed by atoms with Crippen LogP contribution >= 0.6 is 0 Å². The SMILES string of the molecule is CC(C)(N)N1CC[S+]([O-])CC1. The fourth-order valence-corrected chi connectivity index (χ4v) is 2.27. The molecule has 4 heteroatoms. The molecule has 1 aliphatic rings. The summed E-state index contributed by atoms with van der Waals surface area (Å²) < 4.78 is 11.0. The highest BCUT2D eigenvalue weighted by Crippen LogP contribution is 2.11. The average Bonchev–Trinajstić information content (AvgIpc) is 1.86. The first kappa shape index (κ1) is 9.32. The van der Waals surface area contributed by atoms with Crippen molar-refractivity contribution in [1.29, 1.82) is 0 Å². The Bertz CT molecular complexity index is 127. The van der Waals surface area contributed by atoms with Crippen molar-refractivity contribution in [1.82, 2.24) is 4.90 Å². The summed E-state index contributed by atoms with van der Waals surface area (Å²) in [5, 5.41) is 0. The quantitative estimate of drug-likeness (QED) is 0.560. The molecule has 66 valence electrons. The summed E-state index contributed by atoms with van der Waals surface area (Å²) in [5.41, 5.74) is 5.64. The lowest BCUT2D eigenvalue weighted by atomic mass is 10.2. The summed E-state index contributed by atoms with van der Waals surface area (Å²) >= 11 is -0.593. The molecule has 1 rings (SSSR count). The van der Waals surface area contributed by atoms with Crippen molar-refractivity contribution in [3.63, 3.8) is 0 Å². The fraction of sp³-hybridized carbons (Fsp3) is 1.00. The van der Waals surface area contributed by atoms with Crippen LogP contribution < -0.4 is 5.73 Å². The first-order chi connectivity index (χ1) is 5.00. The minimum absolute atomic E-state index is 0.245. The summed E-state index contributed by atoms with van der Waals surface area (Å²) in [6.45, 7) is 5.72. The lowest BCUT2D eigenvalue weighted by Crippen LogP contribution is -2.56. The van der Waals surface area contributed by atoms with Gasteiger partial charge in [0.25, 0.3) is 0 Å². The Morgan fingerprint density at radius 2 is 1.82 bits per heavy atom. The number of rotatable bonds is 1. The molecule has 11 heavy (non-hydrogen) atoms. The highest BCUT2D eigenvalue weighted by Gasteiger charge is 2.27. The second-order valence-corrected chi connectivity index (χ2v) is 5.18. The van der Waals surface area contributed by atoms with Gasteiger partial charge in [0.05, 0.1) is 5.66 Å². The van der Waals surface area contributed by atoms with E-state index in [0.717, 1.165) is 24.6 Å². The molecule has 0 saturated carbocycles. The van der Waals surface area contributed by atoms with Crippen LogP contribution in [-0.2, 0) is 11.2 Å². The molecule has 0 atom stereocenters. The van der Waals surface area contributed by atoms with Gasteiger partial charge in [-0.25, -0.2) is 0 Å². The Kier molecular flexibility index (Phi) is 2.80. The van der Waals surface area contributed by atoms with Gasteiger partial charge in [-0.15, -0.1) is 0 Å². The normalized spacial score (nSPS) is 24.0. The van der Waals surface area contributed by atoms with Crippen LogP contribution in [0.15, 0.2) is 0 Å². The van der Waals surface area contributed by atoms with E-state index < -0.39 is 11.2 Å². The van der Waals surface area contributed by atoms with Crippen LogP contribution in [0.1, 0.15) is 13.8 Å². The van der Waals surface area contributed by atoms with Crippen LogP contribution in [0.3, 0.4) is 0 Å². The van der Waals surface area contributed by atoms with E-state index in [2.05, 4.69) is 4.90 Å². The maximum Gasteiger partial charge on any atom is 0.118 e. The van der Waals surface area contributed by atoms with Gasteiger partial charge in [-0.3, -0.25) is 4.90 Å². The largest absolute Gasteiger partial charge is 0.616 e. The molecule has 0 amide bonds. The van der Waals surface area contributed by atoms with Crippen LogP contribution in [0.5, 0.6) is 0 Å². The molecule has 1 fully saturated rings. The van der Waals surface area contributed by atoms with E-state index in [1.807, 2.05) is 13.8 Å². The molecule has 0 aliphatic carbocycles. The number of nitrogens with zero attached hydrogens (tertiary/aromatic N) is 1. The molecule has 2 N–H and O–H groups in total. The van der Waals surface area contributed by atoms with Crippen molar-refractivity contribution in [3.05, 3.63) is 0 Å². The maximum atomic E-state index is 11.0. The molecule has 1 aliphatic heterocycles. The minimum atomic E-state index is -0.593. The highest BCUT2D eigenvalue weighted by molar-refractivity contribution is 7.91. The van der Waals surface area contributed by atoms with E-state index in [1.54, 1.807) is 0 Å². The third kappa shape index (κ3) is 2.63. The van der Waals surface area contributed by atoms with Crippen molar-refractivity contribution < 1.29 is 4.55 Å². The van der Waals surface area contributed by atoms with Crippen molar-refractivity contribution in [3.8, 4) is 0 Å². The zero-order chi connectivity index (χ0) is 8.48. The van der Waals surface area contributed by atoms with Gasteiger partial charge in [-0.05, 0) is 13.8 Å². The highest BCUT2D eigenvalue weighted by atomic mass is 32.2. The van der Waals surface area contributed by atoms with E-state index in [1.165, 1.54) is 0 Å². The van der Waals surface area contributed by atoms with E-state index in [9.17, 15) is 4.55 Å². The zero-order valence-electron chi connectivity index (χ0n) is 7.17. The fourth-order valence-electron chi connectivity index (χ4n) is 1.21.